The molecule has 0 amide bonds. The predicted molar refractivity (Wildman–Crippen MR) is 100 cm³/mol. The molecule has 0 saturated heterocycles. The number of rotatable bonds is 6. The lowest BCUT2D eigenvalue weighted by atomic mass is 9.97. The first-order valence-corrected chi connectivity index (χ1v) is 9.59. The Morgan fingerprint density at radius 3 is 2.96 bits per heavy atom. The lowest BCUT2D eigenvalue weighted by Crippen LogP contribution is -2.15. The molecular weight excluding hydrogens is 347 g/mol. The highest BCUT2D eigenvalue weighted by atomic mass is 35.5. The molecule has 3 rings (SSSR count). The van der Waals surface area contributed by atoms with E-state index < -0.39 is 0 Å². The molecule has 1 heterocycles. The molecule has 1 aliphatic carbocycles. The van der Waals surface area contributed by atoms with Crippen LogP contribution >= 0.6 is 34.5 Å². The molecule has 2 aromatic rings. The number of benzene rings is 1. The zero-order valence-corrected chi connectivity index (χ0v) is 15.3. The number of halogens is 2. The van der Waals surface area contributed by atoms with E-state index in [4.69, 9.17) is 23.2 Å². The van der Waals surface area contributed by atoms with E-state index in [1.165, 1.54) is 25.7 Å². The van der Waals surface area contributed by atoms with Crippen LogP contribution in [0.2, 0.25) is 10.0 Å². The molecule has 0 atom stereocenters. The van der Waals surface area contributed by atoms with E-state index in [1.54, 1.807) is 23.0 Å². The summed E-state index contributed by atoms with van der Waals surface area (Å²) in [6.07, 6.45) is 10.7. The SMILES string of the molecule is Clc1cccc(-c2cnc(CNCCC3=CCCCC3)s2)c1Cl. The van der Waals surface area contributed by atoms with Crippen molar-refractivity contribution in [3.05, 3.63) is 51.1 Å². The molecule has 1 aliphatic rings. The molecule has 1 aromatic carbocycles. The summed E-state index contributed by atoms with van der Waals surface area (Å²) in [6, 6.07) is 5.70. The lowest BCUT2D eigenvalue weighted by Gasteiger charge is -2.12. The Hall–Kier alpha value is -0.870. The maximum atomic E-state index is 6.27. The Labute approximate surface area is 151 Å². The quantitative estimate of drug-likeness (QED) is 0.493. The van der Waals surface area contributed by atoms with Gasteiger partial charge in [0.2, 0.25) is 0 Å². The summed E-state index contributed by atoms with van der Waals surface area (Å²) in [5, 5.41) is 5.75. The summed E-state index contributed by atoms with van der Waals surface area (Å²) in [6.45, 7) is 1.81. The van der Waals surface area contributed by atoms with Crippen molar-refractivity contribution in [3.8, 4) is 10.4 Å². The molecule has 0 aliphatic heterocycles. The average molecular weight is 367 g/mol. The number of hydrogen-bond donors (Lipinski definition) is 1. The fourth-order valence-electron chi connectivity index (χ4n) is 2.79. The lowest BCUT2D eigenvalue weighted by molar-refractivity contribution is 0.631. The smallest absolute Gasteiger partial charge is 0.107 e. The molecule has 0 saturated carbocycles. The fourth-order valence-corrected chi connectivity index (χ4v) is 4.16. The standard InChI is InChI=1S/C18H20Cl2N2S/c19-15-8-4-7-14(18(15)20)16-11-22-17(23-16)12-21-10-9-13-5-2-1-3-6-13/h4-5,7-8,11,21H,1-3,6,9-10,12H2. The molecule has 0 unspecified atom stereocenters. The summed E-state index contributed by atoms with van der Waals surface area (Å²) in [5.41, 5.74) is 2.56. The normalized spacial score (nSPS) is 14.8. The van der Waals surface area contributed by atoms with Gasteiger partial charge in [0.1, 0.15) is 5.01 Å². The number of allylic oxidation sites excluding steroid dienone is 1. The first-order chi connectivity index (χ1) is 11.2. The van der Waals surface area contributed by atoms with Crippen molar-refractivity contribution >= 4 is 34.5 Å². The van der Waals surface area contributed by atoms with Crippen LogP contribution in [0.5, 0.6) is 0 Å². The second-order valence-electron chi connectivity index (χ2n) is 5.75. The number of thiazole rings is 1. The monoisotopic (exact) mass is 366 g/mol. The second-order valence-corrected chi connectivity index (χ2v) is 7.65. The molecule has 2 nitrogen and oxygen atoms in total. The zero-order valence-electron chi connectivity index (χ0n) is 12.9. The first kappa shape index (κ1) is 17.0. The number of aromatic nitrogens is 1. The second kappa shape index (κ2) is 8.29. The molecular formula is C18H20Cl2N2S. The van der Waals surface area contributed by atoms with E-state index in [0.29, 0.717) is 10.0 Å². The number of hydrogen-bond acceptors (Lipinski definition) is 3. The Balaban J connectivity index is 1.53. The van der Waals surface area contributed by atoms with Crippen LogP contribution in [0.4, 0.5) is 0 Å². The van der Waals surface area contributed by atoms with Crippen LogP contribution in [0.25, 0.3) is 10.4 Å². The van der Waals surface area contributed by atoms with Crippen molar-refractivity contribution < 1.29 is 0 Å². The van der Waals surface area contributed by atoms with Crippen LogP contribution in [0.3, 0.4) is 0 Å². The highest BCUT2D eigenvalue weighted by Gasteiger charge is 2.10. The van der Waals surface area contributed by atoms with Gasteiger partial charge in [0.05, 0.1) is 14.9 Å². The summed E-state index contributed by atoms with van der Waals surface area (Å²) in [4.78, 5) is 5.55. The van der Waals surface area contributed by atoms with E-state index in [-0.39, 0.29) is 0 Å². The van der Waals surface area contributed by atoms with Gasteiger partial charge < -0.3 is 5.32 Å². The van der Waals surface area contributed by atoms with Crippen LogP contribution in [0.15, 0.2) is 36.0 Å². The van der Waals surface area contributed by atoms with Crippen LogP contribution in [-0.4, -0.2) is 11.5 Å². The van der Waals surface area contributed by atoms with Crippen molar-refractivity contribution in [1.29, 1.82) is 0 Å². The van der Waals surface area contributed by atoms with Gasteiger partial charge in [-0.2, -0.15) is 0 Å². The van der Waals surface area contributed by atoms with Gasteiger partial charge in [-0.15, -0.1) is 11.3 Å². The van der Waals surface area contributed by atoms with Crippen LogP contribution in [-0.2, 0) is 6.54 Å². The highest BCUT2D eigenvalue weighted by Crippen LogP contribution is 2.36. The molecule has 0 radical (unpaired) electrons. The highest BCUT2D eigenvalue weighted by molar-refractivity contribution is 7.15. The van der Waals surface area contributed by atoms with Crippen molar-refractivity contribution in [2.24, 2.45) is 0 Å². The van der Waals surface area contributed by atoms with Gasteiger partial charge in [-0.25, -0.2) is 4.98 Å². The van der Waals surface area contributed by atoms with Crippen LogP contribution in [0, 0.1) is 0 Å². The molecule has 5 heteroatoms. The van der Waals surface area contributed by atoms with Gasteiger partial charge in [0.15, 0.2) is 0 Å². The predicted octanol–water partition coefficient (Wildman–Crippen LogP) is 6.10. The van der Waals surface area contributed by atoms with Crippen LogP contribution < -0.4 is 5.32 Å². The van der Waals surface area contributed by atoms with E-state index >= 15 is 0 Å². The third-order valence-corrected chi connectivity index (χ3v) is 5.90. The van der Waals surface area contributed by atoms with Crippen molar-refractivity contribution in [2.75, 3.05) is 6.54 Å². The minimum atomic E-state index is 0.581. The zero-order chi connectivity index (χ0) is 16.1. The molecule has 0 bridgehead atoms. The first-order valence-electron chi connectivity index (χ1n) is 8.02. The molecule has 0 fully saturated rings. The van der Waals surface area contributed by atoms with Crippen LogP contribution in [0.1, 0.15) is 37.1 Å². The number of nitrogens with one attached hydrogen (secondary N) is 1. The van der Waals surface area contributed by atoms with Crippen molar-refractivity contribution in [2.45, 2.75) is 38.6 Å². The van der Waals surface area contributed by atoms with E-state index in [9.17, 15) is 0 Å². The third-order valence-electron chi connectivity index (χ3n) is 4.05. The van der Waals surface area contributed by atoms with Gasteiger partial charge >= 0.3 is 0 Å². The van der Waals surface area contributed by atoms with Crippen molar-refractivity contribution in [1.82, 2.24) is 10.3 Å². The summed E-state index contributed by atoms with van der Waals surface area (Å²) >= 11 is 14.0. The third kappa shape index (κ3) is 4.57. The maximum absolute atomic E-state index is 6.27. The van der Waals surface area contributed by atoms with Gasteiger partial charge in [-0.3, -0.25) is 0 Å². The minimum absolute atomic E-state index is 0.581. The molecule has 23 heavy (non-hydrogen) atoms. The molecule has 0 spiro atoms. The topological polar surface area (TPSA) is 24.9 Å². The summed E-state index contributed by atoms with van der Waals surface area (Å²) in [7, 11) is 0. The van der Waals surface area contributed by atoms with Crippen molar-refractivity contribution in [3.63, 3.8) is 0 Å². The van der Waals surface area contributed by atoms with E-state index in [1.807, 2.05) is 18.3 Å². The Morgan fingerprint density at radius 2 is 2.13 bits per heavy atom. The van der Waals surface area contributed by atoms with Gasteiger partial charge in [-0.1, -0.05) is 47.0 Å². The van der Waals surface area contributed by atoms with Gasteiger partial charge in [-0.05, 0) is 44.7 Å². The molecule has 1 N–H and O–H groups in total. The maximum Gasteiger partial charge on any atom is 0.107 e. The average Bonchev–Trinajstić information content (AvgIpc) is 3.04. The Morgan fingerprint density at radius 1 is 1.22 bits per heavy atom. The van der Waals surface area contributed by atoms with Gasteiger partial charge in [0.25, 0.3) is 0 Å². The largest absolute Gasteiger partial charge is 0.310 e. The summed E-state index contributed by atoms with van der Waals surface area (Å²) < 4.78 is 0. The number of nitrogens with zero attached hydrogens (tertiary/aromatic N) is 1. The van der Waals surface area contributed by atoms with Gasteiger partial charge in [0, 0.05) is 18.3 Å². The molecule has 1 aromatic heterocycles. The Bertz CT molecular complexity index is 694. The fraction of sp³-hybridized carbons (Fsp3) is 0.389. The molecule has 122 valence electrons. The van der Waals surface area contributed by atoms with E-state index in [2.05, 4.69) is 16.4 Å². The van der Waals surface area contributed by atoms with E-state index in [0.717, 1.165) is 35.0 Å². The summed E-state index contributed by atoms with van der Waals surface area (Å²) in [5.74, 6) is 0. The minimum Gasteiger partial charge on any atom is -0.310 e. The Kier molecular flexibility index (Phi) is 6.12.